The van der Waals surface area contributed by atoms with Crippen molar-refractivity contribution in [1.82, 2.24) is 10.1 Å². The molecule has 39 heavy (non-hydrogen) atoms. The van der Waals surface area contributed by atoms with Crippen LogP contribution in [-0.4, -0.2) is 39.4 Å². The number of hydrogen-bond acceptors (Lipinski definition) is 7. The number of carbonyl (C=O) groups is 1. The Morgan fingerprint density at radius 2 is 1.95 bits per heavy atom. The summed E-state index contributed by atoms with van der Waals surface area (Å²) < 4.78 is 12.0. The SMILES string of the molecule is Cc1cc(OCc2c(-c3c(C)cccc3Cl)noc2C2CC2)ccc1C1(O)CN(c2cncc(C(=O)O)c2)C1. The lowest BCUT2D eigenvalue weighted by molar-refractivity contribution is 0.00689. The van der Waals surface area contributed by atoms with Gasteiger partial charge in [0.05, 0.1) is 41.1 Å². The molecule has 3 heterocycles. The Labute approximate surface area is 230 Å². The molecule has 2 N–H and O–H groups in total. The van der Waals surface area contributed by atoms with E-state index < -0.39 is 11.6 Å². The first-order valence-corrected chi connectivity index (χ1v) is 13.2. The van der Waals surface area contributed by atoms with Crippen LogP contribution in [0, 0.1) is 13.8 Å². The number of aromatic carboxylic acids is 1. The van der Waals surface area contributed by atoms with Crippen LogP contribution < -0.4 is 9.64 Å². The number of aromatic nitrogens is 2. The largest absolute Gasteiger partial charge is 0.489 e. The molecule has 1 saturated heterocycles. The highest BCUT2D eigenvalue weighted by molar-refractivity contribution is 6.33. The lowest BCUT2D eigenvalue weighted by atomic mass is 9.83. The van der Waals surface area contributed by atoms with Crippen LogP contribution in [0.3, 0.4) is 0 Å². The predicted molar refractivity (Wildman–Crippen MR) is 146 cm³/mol. The Hall–Kier alpha value is -3.88. The van der Waals surface area contributed by atoms with Gasteiger partial charge in [-0.1, -0.05) is 35.0 Å². The third-order valence-corrected chi connectivity index (χ3v) is 7.86. The van der Waals surface area contributed by atoms with Crippen molar-refractivity contribution in [3.8, 4) is 17.0 Å². The molecule has 2 aromatic heterocycles. The van der Waals surface area contributed by atoms with E-state index in [0.717, 1.165) is 52.1 Å². The molecule has 0 amide bonds. The summed E-state index contributed by atoms with van der Waals surface area (Å²) in [4.78, 5) is 17.2. The van der Waals surface area contributed by atoms with E-state index in [0.29, 0.717) is 42.1 Å². The van der Waals surface area contributed by atoms with Gasteiger partial charge in [0.1, 0.15) is 29.4 Å². The van der Waals surface area contributed by atoms with Crippen LogP contribution in [0.2, 0.25) is 5.02 Å². The number of nitrogens with zero attached hydrogens (tertiary/aromatic N) is 3. The predicted octanol–water partition coefficient (Wildman–Crippen LogP) is 5.87. The number of aliphatic hydroxyl groups is 1. The van der Waals surface area contributed by atoms with Crippen LogP contribution in [0.25, 0.3) is 11.3 Å². The Balaban J connectivity index is 1.19. The number of benzene rings is 2. The topological polar surface area (TPSA) is 109 Å². The van der Waals surface area contributed by atoms with Gasteiger partial charge >= 0.3 is 5.97 Å². The number of aryl methyl sites for hydroxylation is 2. The molecule has 1 aliphatic carbocycles. The smallest absolute Gasteiger partial charge is 0.337 e. The lowest BCUT2D eigenvalue weighted by Crippen LogP contribution is -2.60. The zero-order chi connectivity index (χ0) is 27.3. The molecule has 200 valence electrons. The van der Waals surface area contributed by atoms with Crippen molar-refractivity contribution in [3.05, 3.63) is 93.5 Å². The second-order valence-corrected chi connectivity index (χ2v) is 10.9. The van der Waals surface area contributed by atoms with Crippen molar-refractivity contribution >= 4 is 23.3 Å². The summed E-state index contributed by atoms with van der Waals surface area (Å²) in [5.41, 5.74) is 4.97. The normalized spacial score (nSPS) is 16.2. The summed E-state index contributed by atoms with van der Waals surface area (Å²) in [6, 6.07) is 13.0. The number of anilines is 1. The quantitative estimate of drug-likeness (QED) is 0.283. The second kappa shape index (κ2) is 9.70. The maximum absolute atomic E-state index is 11.3. The zero-order valence-corrected chi connectivity index (χ0v) is 22.4. The number of rotatable bonds is 8. The molecule has 1 saturated carbocycles. The lowest BCUT2D eigenvalue weighted by Gasteiger charge is -2.48. The highest BCUT2D eigenvalue weighted by Crippen LogP contribution is 2.45. The minimum Gasteiger partial charge on any atom is -0.489 e. The first-order valence-electron chi connectivity index (χ1n) is 12.9. The molecule has 1 aliphatic heterocycles. The molecule has 2 aliphatic rings. The fourth-order valence-corrected chi connectivity index (χ4v) is 5.63. The third kappa shape index (κ3) is 4.75. The van der Waals surface area contributed by atoms with E-state index in [4.69, 9.17) is 20.9 Å². The molecule has 4 aromatic rings. The maximum atomic E-state index is 11.3. The zero-order valence-electron chi connectivity index (χ0n) is 21.6. The third-order valence-electron chi connectivity index (χ3n) is 7.55. The van der Waals surface area contributed by atoms with Crippen LogP contribution >= 0.6 is 11.6 Å². The molecule has 0 radical (unpaired) electrons. The van der Waals surface area contributed by atoms with E-state index in [2.05, 4.69) is 10.1 Å². The van der Waals surface area contributed by atoms with E-state index in [1.54, 1.807) is 12.3 Å². The van der Waals surface area contributed by atoms with E-state index in [-0.39, 0.29) is 5.56 Å². The Morgan fingerprint density at radius 3 is 2.64 bits per heavy atom. The molecule has 0 atom stereocenters. The average Bonchev–Trinajstić information content (AvgIpc) is 3.66. The van der Waals surface area contributed by atoms with Crippen molar-refractivity contribution in [1.29, 1.82) is 0 Å². The molecule has 2 fully saturated rings. The minimum absolute atomic E-state index is 0.117. The van der Waals surface area contributed by atoms with E-state index in [9.17, 15) is 15.0 Å². The van der Waals surface area contributed by atoms with Gasteiger partial charge in [0.15, 0.2) is 0 Å². The number of β-amino-alcohol motifs (C(OH)–C–C–N with tert-alkyl or cyclic N) is 1. The van der Waals surface area contributed by atoms with Gasteiger partial charge in [-0.05, 0) is 67.6 Å². The van der Waals surface area contributed by atoms with Crippen LogP contribution in [-0.2, 0) is 12.2 Å². The fourth-order valence-electron chi connectivity index (χ4n) is 5.32. The van der Waals surface area contributed by atoms with Crippen molar-refractivity contribution in [2.24, 2.45) is 0 Å². The van der Waals surface area contributed by atoms with E-state index in [1.165, 1.54) is 6.20 Å². The van der Waals surface area contributed by atoms with Gasteiger partial charge in [0.2, 0.25) is 0 Å². The Bertz CT molecular complexity index is 1550. The Morgan fingerprint density at radius 1 is 1.15 bits per heavy atom. The first-order chi connectivity index (χ1) is 18.7. The first kappa shape index (κ1) is 25.4. The molecule has 6 rings (SSSR count). The number of ether oxygens (including phenoxy) is 1. The molecule has 0 spiro atoms. The second-order valence-electron chi connectivity index (χ2n) is 10.5. The van der Waals surface area contributed by atoms with Gasteiger partial charge < -0.3 is 24.4 Å². The summed E-state index contributed by atoms with van der Waals surface area (Å²) >= 11 is 6.55. The minimum atomic E-state index is -1.05. The van der Waals surface area contributed by atoms with Crippen molar-refractivity contribution < 1.29 is 24.3 Å². The summed E-state index contributed by atoms with van der Waals surface area (Å²) in [6.45, 7) is 4.92. The van der Waals surface area contributed by atoms with Gasteiger partial charge in [-0.2, -0.15) is 0 Å². The number of carboxylic acids is 1. The van der Waals surface area contributed by atoms with Gasteiger partial charge in [-0.3, -0.25) is 4.98 Å². The molecule has 0 bridgehead atoms. The number of carboxylic acid groups (broad SMARTS) is 1. The van der Waals surface area contributed by atoms with Gasteiger partial charge in [0, 0.05) is 17.7 Å². The van der Waals surface area contributed by atoms with Crippen LogP contribution in [0.4, 0.5) is 5.69 Å². The molecule has 0 unspecified atom stereocenters. The molecular weight excluding hydrogens is 518 g/mol. The van der Waals surface area contributed by atoms with Gasteiger partial charge in [0.25, 0.3) is 0 Å². The number of hydrogen-bond donors (Lipinski definition) is 2. The van der Waals surface area contributed by atoms with Crippen LogP contribution in [0.1, 0.15) is 57.1 Å². The summed E-state index contributed by atoms with van der Waals surface area (Å²) in [7, 11) is 0. The summed E-state index contributed by atoms with van der Waals surface area (Å²) in [5, 5.41) is 25.6. The van der Waals surface area contributed by atoms with E-state index in [1.807, 2.05) is 55.1 Å². The summed E-state index contributed by atoms with van der Waals surface area (Å²) in [5.74, 6) is 0.872. The Kier molecular flexibility index (Phi) is 6.32. The molecule has 2 aromatic carbocycles. The van der Waals surface area contributed by atoms with Gasteiger partial charge in [-0.25, -0.2) is 4.79 Å². The molecule has 8 nitrogen and oxygen atoms in total. The fraction of sp³-hybridized carbons (Fsp3) is 0.300. The standard InChI is InChI=1S/C30H28ClN3O5/c1-17-4-3-5-25(31)26(17)27-23(28(39-33-27)19-6-7-19)14-38-22-8-9-24(18(2)10-22)30(37)15-34(16-30)21-11-20(29(35)36)12-32-13-21/h3-5,8-13,19,37H,6-7,14-16H2,1-2H3,(H,35,36). The number of pyridine rings is 1. The molecular formula is C30H28ClN3O5. The highest BCUT2D eigenvalue weighted by Gasteiger charge is 2.44. The average molecular weight is 546 g/mol. The van der Waals surface area contributed by atoms with Crippen LogP contribution in [0.5, 0.6) is 5.75 Å². The highest BCUT2D eigenvalue weighted by atomic mass is 35.5. The van der Waals surface area contributed by atoms with E-state index >= 15 is 0 Å². The van der Waals surface area contributed by atoms with Crippen molar-refractivity contribution in [3.63, 3.8) is 0 Å². The van der Waals surface area contributed by atoms with Crippen molar-refractivity contribution in [2.75, 3.05) is 18.0 Å². The van der Waals surface area contributed by atoms with Gasteiger partial charge in [-0.15, -0.1) is 0 Å². The monoisotopic (exact) mass is 545 g/mol. The maximum Gasteiger partial charge on any atom is 0.337 e. The van der Waals surface area contributed by atoms with Crippen LogP contribution in [0.15, 0.2) is 59.4 Å². The number of halogens is 1. The molecule has 9 heteroatoms. The van der Waals surface area contributed by atoms with Crippen molar-refractivity contribution in [2.45, 2.75) is 44.8 Å². The summed E-state index contributed by atoms with van der Waals surface area (Å²) in [6.07, 6.45) is 5.06.